The van der Waals surface area contributed by atoms with Gasteiger partial charge in [-0.1, -0.05) is 18.9 Å². The lowest BCUT2D eigenvalue weighted by atomic mass is 9.83. The van der Waals surface area contributed by atoms with Gasteiger partial charge in [-0.15, -0.1) is 0 Å². The Morgan fingerprint density at radius 3 is 2.77 bits per heavy atom. The molecule has 1 saturated carbocycles. The Balaban J connectivity index is 2.15. The third kappa shape index (κ3) is 1.89. The fraction of sp³-hybridized carbons (Fsp3) is 0.545. The lowest BCUT2D eigenvalue weighted by molar-refractivity contribution is 0.380. The first-order chi connectivity index (χ1) is 6.38. The van der Waals surface area contributed by atoms with E-state index in [9.17, 15) is 0 Å². The minimum absolute atomic E-state index is 0.323. The Labute approximate surface area is 79.2 Å². The Kier molecular flexibility index (Phi) is 2.60. The van der Waals surface area contributed by atoms with Crippen LogP contribution in [-0.2, 0) is 0 Å². The van der Waals surface area contributed by atoms with Gasteiger partial charge in [0.1, 0.15) is 0 Å². The second-order valence-corrected chi connectivity index (χ2v) is 3.81. The molecule has 0 radical (unpaired) electrons. The lowest BCUT2D eigenvalue weighted by Crippen LogP contribution is -2.31. The Morgan fingerprint density at radius 2 is 2.08 bits per heavy atom. The highest BCUT2D eigenvalue weighted by Crippen LogP contribution is 2.30. The number of rotatable bonds is 1. The predicted octanol–water partition coefficient (Wildman–Crippen LogP) is 2.07. The summed E-state index contributed by atoms with van der Waals surface area (Å²) in [5, 5.41) is 0. The first-order valence-electron chi connectivity index (χ1n) is 5.04. The van der Waals surface area contributed by atoms with Crippen molar-refractivity contribution >= 4 is 0 Å². The van der Waals surface area contributed by atoms with E-state index in [4.69, 9.17) is 5.73 Å². The van der Waals surface area contributed by atoms with Crippen LogP contribution in [-0.4, -0.2) is 11.0 Å². The summed E-state index contributed by atoms with van der Waals surface area (Å²) in [5.74, 6) is 0.495. The standard InChI is InChI=1S/C11H16N2/c12-10-6-2-1-5-9(10)11-7-3-4-8-13-11/h3-4,7-10H,1-2,5-6,12H2/t9-,10+/m0/s1. The molecule has 0 aliphatic heterocycles. The number of aromatic nitrogens is 1. The molecule has 2 nitrogen and oxygen atoms in total. The van der Waals surface area contributed by atoms with Crippen LogP contribution in [0.2, 0.25) is 0 Å². The summed E-state index contributed by atoms with van der Waals surface area (Å²) >= 11 is 0. The molecule has 0 unspecified atom stereocenters. The smallest absolute Gasteiger partial charge is 0.0449 e. The van der Waals surface area contributed by atoms with Crippen LogP contribution in [0.15, 0.2) is 24.4 Å². The van der Waals surface area contributed by atoms with Crippen molar-refractivity contribution in [2.24, 2.45) is 5.73 Å². The molecule has 1 aliphatic carbocycles. The highest BCUT2D eigenvalue weighted by molar-refractivity contribution is 5.12. The molecule has 2 heteroatoms. The molecule has 70 valence electrons. The quantitative estimate of drug-likeness (QED) is 0.711. The van der Waals surface area contributed by atoms with Crippen LogP contribution in [0, 0.1) is 0 Å². The van der Waals surface area contributed by atoms with E-state index in [1.165, 1.54) is 25.0 Å². The van der Waals surface area contributed by atoms with E-state index in [2.05, 4.69) is 11.1 Å². The maximum atomic E-state index is 6.07. The molecular formula is C11H16N2. The summed E-state index contributed by atoms with van der Waals surface area (Å²) in [6.07, 6.45) is 6.80. The fourth-order valence-corrected chi connectivity index (χ4v) is 2.12. The maximum absolute atomic E-state index is 6.07. The van der Waals surface area contributed by atoms with Gasteiger partial charge in [0, 0.05) is 23.9 Å². The molecule has 0 saturated heterocycles. The molecule has 1 aliphatic rings. The minimum atomic E-state index is 0.323. The van der Waals surface area contributed by atoms with Crippen molar-refractivity contribution in [3.05, 3.63) is 30.1 Å². The lowest BCUT2D eigenvalue weighted by Gasteiger charge is -2.27. The molecule has 0 amide bonds. The molecule has 0 aromatic carbocycles. The average molecular weight is 176 g/mol. The topological polar surface area (TPSA) is 38.9 Å². The van der Waals surface area contributed by atoms with E-state index < -0.39 is 0 Å². The van der Waals surface area contributed by atoms with Crippen molar-refractivity contribution in [1.29, 1.82) is 0 Å². The van der Waals surface area contributed by atoms with E-state index in [1.807, 2.05) is 18.3 Å². The summed E-state index contributed by atoms with van der Waals surface area (Å²) in [6, 6.07) is 6.42. The van der Waals surface area contributed by atoms with Crippen molar-refractivity contribution in [1.82, 2.24) is 4.98 Å². The Hall–Kier alpha value is -0.890. The minimum Gasteiger partial charge on any atom is -0.327 e. The summed E-state index contributed by atoms with van der Waals surface area (Å²) in [6.45, 7) is 0. The van der Waals surface area contributed by atoms with Crippen LogP contribution in [0.1, 0.15) is 37.3 Å². The van der Waals surface area contributed by atoms with Crippen LogP contribution in [0.5, 0.6) is 0 Å². The number of hydrogen-bond donors (Lipinski definition) is 1. The normalized spacial score (nSPS) is 28.7. The highest BCUT2D eigenvalue weighted by Gasteiger charge is 2.23. The van der Waals surface area contributed by atoms with E-state index in [0.717, 1.165) is 6.42 Å². The van der Waals surface area contributed by atoms with Crippen molar-refractivity contribution in [2.75, 3.05) is 0 Å². The van der Waals surface area contributed by atoms with Gasteiger partial charge in [0.2, 0.25) is 0 Å². The van der Waals surface area contributed by atoms with Gasteiger partial charge in [-0.3, -0.25) is 4.98 Å². The number of nitrogens with two attached hydrogens (primary N) is 1. The fourth-order valence-electron chi connectivity index (χ4n) is 2.12. The van der Waals surface area contributed by atoms with Gasteiger partial charge in [0.15, 0.2) is 0 Å². The van der Waals surface area contributed by atoms with Gasteiger partial charge >= 0.3 is 0 Å². The molecule has 2 N–H and O–H groups in total. The number of hydrogen-bond acceptors (Lipinski definition) is 2. The Morgan fingerprint density at radius 1 is 1.23 bits per heavy atom. The summed E-state index contributed by atoms with van der Waals surface area (Å²) in [5.41, 5.74) is 7.25. The maximum Gasteiger partial charge on any atom is 0.0449 e. The third-order valence-electron chi connectivity index (χ3n) is 2.89. The van der Waals surface area contributed by atoms with Crippen LogP contribution in [0.3, 0.4) is 0 Å². The van der Waals surface area contributed by atoms with Crippen molar-refractivity contribution in [2.45, 2.75) is 37.6 Å². The zero-order valence-electron chi connectivity index (χ0n) is 7.82. The first kappa shape index (κ1) is 8.70. The van der Waals surface area contributed by atoms with Crippen LogP contribution in [0.25, 0.3) is 0 Å². The molecule has 2 atom stereocenters. The number of pyridine rings is 1. The van der Waals surface area contributed by atoms with E-state index in [1.54, 1.807) is 0 Å². The van der Waals surface area contributed by atoms with E-state index in [-0.39, 0.29) is 0 Å². The van der Waals surface area contributed by atoms with Gasteiger partial charge < -0.3 is 5.73 Å². The summed E-state index contributed by atoms with van der Waals surface area (Å²) < 4.78 is 0. The highest BCUT2D eigenvalue weighted by atomic mass is 14.7. The van der Waals surface area contributed by atoms with Gasteiger partial charge in [-0.2, -0.15) is 0 Å². The molecule has 2 rings (SSSR count). The van der Waals surface area contributed by atoms with Gasteiger partial charge in [-0.25, -0.2) is 0 Å². The average Bonchev–Trinajstić information content (AvgIpc) is 2.20. The van der Waals surface area contributed by atoms with Gasteiger partial charge in [0.25, 0.3) is 0 Å². The summed E-state index contributed by atoms with van der Waals surface area (Å²) in [4.78, 5) is 4.37. The van der Waals surface area contributed by atoms with Crippen LogP contribution >= 0.6 is 0 Å². The zero-order chi connectivity index (χ0) is 9.10. The molecule has 0 bridgehead atoms. The van der Waals surface area contributed by atoms with Crippen molar-refractivity contribution in [3.63, 3.8) is 0 Å². The molecule has 1 heterocycles. The van der Waals surface area contributed by atoms with Crippen molar-refractivity contribution in [3.8, 4) is 0 Å². The third-order valence-corrected chi connectivity index (χ3v) is 2.89. The SMILES string of the molecule is N[C@@H]1CCCC[C@@H]1c1ccccn1. The number of nitrogens with zero attached hydrogens (tertiary/aromatic N) is 1. The largest absolute Gasteiger partial charge is 0.327 e. The molecule has 1 aromatic rings. The van der Waals surface area contributed by atoms with E-state index >= 15 is 0 Å². The first-order valence-corrected chi connectivity index (χ1v) is 5.04. The van der Waals surface area contributed by atoms with Crippen molar-refractivity contribution < 1.29 is 0 Å². The molecule has 0 spiro atoms. The molecule has 1 aromatic heterocycles. The predicted molar refractivity (Wildman–Crippen MR) is 53.4 cm³/mol. The molecule has 1 fully saturated rings. The second kappa shape index (κ2) is 3.88. The second-order valence-electron chi connectivity index (χ2n) is 3.81. The van der Waals surface area contributed by atoms with Gasteiger partial charge in [-0.05, 0) is 25.0 Å². The van der Waals surface area contributed by atoms with Crippen LogP contribution < -0.4 is 5.73 Å². The Bertz CT molecular complexity index is 258. The summed E-state index contributed by atoms with van der Waals surface area (Å²) in [7, 11) is 0. The van der Waals surface area contributed by atoms with Gasteiger partial charge in [0.05, 0.1) is 0 Å². The van der Waals surface area contributed by atoms with E-state index in [0.29, 0.717) is 12.0 Å². The molecular weight excluding hydrogens is 160 g/mol. The van der Waals surface area contributed by atoms with Crippen LogP contribution in [0.4, 0.5) is 0 Å². The monoisotopic (exact) mass is 176 g/mol. The zero-order valence-corrected chi connectivity index (χ0v) is 7.82. The molecule has 13 heavy (non-hydrogen) atoms.